The van der Waals surface area contributed by atoms with Crippen LogP contribution >= 0.6 is 15.9 Å². The largest absolute Gasteiger partial charge is 0.311 e. The lowest BCUT2D eigenvalue weighted by Gasteiger charge is -2.27. The van der Waals surface area contributed by atoms with Crippen LogP contribution in [0, 0.1) is 0 Å². The van der Waals surface area contributed by atoms with Crippen LogP contribution in [0.5, 0.6) is 0 Å². The minimum atomic E-state index is 0.131. The summed E-state index contributed by atoms with van der Waals surface area (Å²) in [5.74, 6) is 0. The first-order valence-corrected chi connectivity index (χ1v) is 12.7. The van der Waals surface area contributed by atoms with Crippen molar-refractivity contribution in [3.05, 3.63) is 118 Å². The minimum Gasteiger partial charge on any atom is -0.311 e. The van der Waals surface area contributed by atoms with Crippen LogP contribution in [0.4, 0.5) is 17.1 Å². The van der Waals surface area contributed by atoms with Crippen LogP contribution in [-0.2, 0) is 5.41 Å². The topological polar surface area (TPSA) is 3.24 Å². The van der Waals surface area contributed by atoms with Gasteiger partial charge in [-0.25, -0.2) is 0 Å². The summed E-state index contributed by atoms with van der Waals surface area (Å²) in [5.41, 5.74) is 8.64. The molecule has 0 heterocycles. The van der Waals surface area contributed by atoms with Gasteiger partial charge in [-0.3, -0.25) is 0 Å². The number of nitrogens with zero attached hydrogens (tertiary/aromatic N) is 1. The highest BCUT2D eigenvalue weighted by Gasteiger charge is 2.16. The number of anilines is 3. The Kier molecular flexibility index (Phi) is 7.43. The zero-order chi connectivity index (χ0) is 24.1. The third-order valence-electron chi connectivity index (χ3n) is 6.08. The third-order valence-corrected chi connectivity index (χ3v) is 6.61. The van der Waals surface area contributed by atoms with Crippen LogP contribution in [0.1, 0.15) is 37.5 Å². The molecule has 3 heteroatoms. The normalized spacial score (nSPS) is 11.6. The summed E-state index contributed by atoms with van der Waals surface area (Å²) >= 11 is 3.57. The van der Waals surface area contributed by atoms with Crippen LogP contribution in [0.15, 0.2) is 102 Å². The monoisotopic (exact) mass is 507 g/mol. The summed E-state index contributed by atoms with van der Waals surface area (Å²) in [6, 6.07) is 34.9. The number of hydrogen-bond acceptors (Lipinski definition) is 1. The lowest BCUT2D eigenvalue weighted by atomic mass is 9.73. The van der Waals surface area contributed by atoms with Crippen molar-refractivity contribution >= 4 is 57.9 Å². The third kappa shape index (κ3) is 5.90. The van der Waals surface area contributed by atoms with E-state index in [1.165, 1.54) is 22.2 Å². The number of halogens is 1. The second-order valence-corrected chi connectivity index (χ2v) is 10.5. The molecule has 0 N–H and O–H groups in total. The van der Waals surface area contributed by atoms with Gasteiger partial charge < -0.3 is 4.90 Å². The van der Waals surface area contributed by atoms with E-state index < -0.39 is 0 Å². The molecule has 0 radical (unpaired) electrons. The van der Waals surface area contributed by atoms with E-state index in [0.717, 1.165) is 28.8 Å². The molecule has 0 aliphatic carbocycles. The van der Waals surface area contributed by atoms with Gasteiger partial charge in [0, 0.05) is 21.5 Å². The van der Waals surface area contributed by atoms with Gasteiger partial charge in [0.1, 0.15) is 0 Å². The maximum atomic E-state index is 3.57. The minimum absolute atomic E-state index is 0.131. The quantitative estimate of drug-likeness (QED) is 0.187. The number of benzene rings is 4. The summed E-state index contributed by atoms with van der Waals surface area (Å²) in [6.45, 7) is 8.93. The van der Waals surface area contributed by atoms with Crippen molar-refractivity contribution < 1.29 is 0 Å². The van der Waals surface area contributed by atoms with Crippen molar-refractivity contribution in [1.82, 2.24) is 0 Å². The highest BCUT2D eigenvalue weighted by Crippen LogP contribution is 2.36. The first-order valence-electron chi connectivity index (χ1n) is 11.9. The number of rotatable bonds is 6. The molecule has 0 spiro atoms. The zero-order valence-corrected chi connectivity index (χ0v) is 22.0. The molecule has 4 aromatic rings. The highest BCUT2D eigenvalue weighted by molar-refractivity contribution is 9.10. The van der Waals surface area contributed by atoms with E-state index >= 15 is 0 Å². The van der Waals surface area contributed by atoms with E-state index in [2.05, 4.69) is 158 Å². The molecule has 1 nitrogen and oxygen atoms in total. The summed E-state index contributed by atoms with van der Waals surface area (Å²) < 4.78 is 1.08. The van der Waals surface area contributed by atoms with E-state index in [1.54, 1.807) is 0 Å². The Morgan fingerprint density at radius 3 is 1.47 bits per heavy atom. The van der Waals surface area contributed by atoms with Crippen LogP contribution in [0.2, 0.25) is 6.82 Å². The van der Waals surface area contributed by atoms with E-state index in [4.69, 9.17) is 0 Å². The molecule has 34 heavy (non-hydrogen) atoms. The van der Waals surface area contributed by atoms with Crippen molar-refractivity contribution in [2.45, 2.75) is 33.0 Å². The van der Waals surface area contributed by atoms with Crippen molar-refractivity contribution in [1.29, 1.82) is 0 Å². The SMILES string of the molecule is CBc1ccc(/C=C/c2ccc(N(c3ccc(Br)cc3)c3ccc(C(C)(C)C)cc3)cc2)cc1. The smallest absolute Gasteiger partial charge is 0.154 e. The molecule has 4 rings (SSSR count). The van der Waals surface area contributed by atoms with E-state index in [9.17, 15) is 0 Å². The molecular weight excluding hydrogens is 477 g/mol. The molecule has 0 amide bonds. The van der Waals surface area contributed by atoms with Crippen LogP contribution < -0.4 is 10.4 Å². The average molecular weight is 508 g/mol. The molecule has 4 aromatic carbocycles. The number of hydrogen-bond donors (Lipinski definition) is 0. The standard InChI is InChI=1S/C31H31BBrN/c1-31(2,3)25-11-19-29(20-12-25)34(30-21-15-27(33)16-22-30)28-17-9-24(10-18-28)6-5-23-7-13-26(32-4)14-8-23/h5-22,32H,1-4H3/b6-5+. The Labute approximate surface area is 213 Å². The molecular formula is C31H31BBrN. The first kappa shape index (κ1) is 24.1. The molecule has 0 bridgehead atoms. The van der Waals surface area contributed by atoms with E-state index in [1.807, 2.05) is 0 Å². The van der Waals surface area contributed by atoms with Crippen molar-refractivity contribution in [2.24, 2.45) is 0 Å². The highest BCUT2D eigenvalue weighted by atomic mass is 79.9. The molecule has 0 fully saturated rings. The second-order valence-electron chi connectivity index (χ2n) is 9.63. The molecule has 0 unspecified atom stereocenters. The van der Waals surface area contributed by atoms with Gasteiger partial charge in [-0.1, -0.05) is 110 Å². The average Bonchev–Trinajstić information content (AvgIpc) is 2.85. The summed E-state index contributed by atoms with van der Waals surface area (Å²) in [6.07, 6.45) is 4.35. The fourth-order valence-corrected chi connectivity index (χ4v) is 4.20. The van der Waals surface area contributed by atoms with E-state index in [0.29, 0.717) is 0 Å². The maximum absolute atomic E-state index is 3.57. The van der Waals surface area contributed by atoms with Crippen LogP contribution in [-0.4, -0.2) is 7.28 Å². The Bertz CT molecular complexity index is 1230. The second kappa shape index (κ2) is 10.5. The van der Waals surface area contributed by atoms with Gasteiger partial charge >= 0.3 is 0 Å². The van der Waals surface area contributed by atoms with Crippen molar-refractivity contribution in [2.75, 3.05) is 4.90 Å². The summed E-state index contributed by atoms with van der Waals surface area (Å²) in [5, 5.41) is 0. The Morgan fingerprint density at radius 2 is 1.03 bits per heavy atom. The summed E-state index contributed by atoms with van der Waals surface area (Å²) in [7, 11) is 1.07. The lowest BCUT2D eigenvalue weighted by Crippen LogP contribution is -2.13. The fourth-order valence-electron chi connectivity index (χ4n) is 3.94. The fraction of sp³-hybridized carbons (Fsp3) is 0.161. The van der Waals surface area contributed by atoms with Crippen molar-refractivity contribution in [3.63, 3.8) is 0 Å². The summed E-state index contributed by atoms with van der Waals surface area (Å²) in [4.78, 5) is 2.30. The molecule has 0 saturated heterocycles. The van der Waals surface area contributed by atoms with Crippen molar-refractivity contribution in [3.8, 4) is 0 Å². The van der Waals surface area contributed by atoms with Gasteiger partial charge in [0.25, 0.3) is 0 Å². The van der Waals surface area contributed by atoms with E-state index in [-0.39, 0.29) is 5.41 Å². The van der Waals surface area contributed by atoms with Gasteiger partial charge in [-0.05, 0) is 70.6 Å². The Hall–Kier alpha value is -3.04. The lowest BCUT2D eigenvalue weighted by molar-refractivity contribution is 0.590. The predicted molar refractivity (Wildman–Crippen MR) is 156 cm³/mol. The Morgan fingerprint density at radius 1 is 0.618 bits per heavy atom. The van der Waals surface area contributed by atoms with Gasteiger partial charge in [0.05, 0.1) is 0 Å². The van der Waals surface area contributed by atoms with Gasteiger partial charge in [0.2, 0.25) is 0 Å². The maximum Gasteiger partial charge on any atom is 0.154 e. The molecule has 0 aromatic heterocycles. The van der Waals surface area contributed by atoms with Gasteiger partial charge in [-0.15, -0.1) is 0 Å². The molecule has 0 aliphatic heterocycles. The molecule has 0 atom stereocenters. The molecule has 170 valence electrons. The molecule has 0 saturated carbocycles. The zero-order valence-electron chi connectivity index (χ0n) is 20.4. The van der Waals surface area contributed by atoms with Gasteiger partial charge in [-0.2, -0.15) is 0 Å². The first-order chi connectivity index (χ1) is 16.3. The van der Waals surface area contributed by atoms with Crippen LogP contribution in [0.3, 0.4) is 0 Å². The Balaban J connectivity index is 1.63. The molecule has 0 aliphatic rings. The van der Waals surface area contributed by atoms with Crippen LogP contribution in [0.25, 0.3) is 12.2 Å². The van der Waals surface area contributed by atoms with Gasteiger partial charge in [0.15, 0.2) is 7.28 Å². The predicted octanol–water partition coefficient (Wildman–Crippen LogP) is 8.50.